The van der Waals surface area contributed by atoms with Gasteiger partial charge in [-0.15, -0.1) is 0 Å². The molecule has 0 aliphatic heterocycles. The third-order valence-electron chi connectivity index (χ3n) is 3.10. The Hall–Kier alpha value is -2.69. The van der Waals surface area contributed by atoms with Crippen LogP contribution >= 0.6 is 0 Å². The highest BCUT2D eigenvalue weighted by molar-refractivity contribution is 5.89. The zero-order valence-corrected chi connectivity index (χ0v) is 11.9. The molecule has 0 saturated heterocycles. The van der Waals surface area contributed by atoms with Crippen LogP contribution in [0.25, 0.3) is 10.9 Å². The molecule has 0 saturated carbocycles. The summed E-state index contributed by atoms with van der Waals surface area (Å²) in [6.45, 7) is 3.45. The topological polar surface area (TPSA) is 62.7 Å². The Labute approximate surface area is 123 Å². The maximum atomic E-state index is 4.54. The fourth-order valence-corrected chi connectivity index (χ4v) is 2.13. The smallest absolute Gasteiger partial charge is 0.225 e. The standard InChI is InChI=1S/C16H17N5/c1-2-17-16-20-14-9-4-3-8-13(14)15(21-16)19-11-12-7-5-6-10-18-12/h3-10H,2,11H2,1H3,(H2,17,19,20,21). The summed E-state index contributed by atoms with van der Waals surface area (Å²) in [5.41, 5.74) is 1.90. The molecule has 2 aromatic heterocycles. The molecule has 0 fully saturated rings. The highest BCUT2D eigenvalue weighted by Crippen LogP contribution is 2.22. The summed E-state index contributed by atoms with van der Waals surface area (Å²) in [5.74, 6) is 1.46. The van der Waals surface area contributed by atoms with Crippen molar-refractivity contribution in [2.24, 2.45) is 0 Å². The molecule has 0 aliphatic rings. The second-order valence-corrected chi connectivity index (χ2v) is 4.62. The van der Waals surface area contributed by atoms with E-state index in [9.17, 15) is 0 Å². The lowest BCUT2D eigenvalue weighted by Gasteiger charge is -2.11. The Kier molecular flexibility index (Phi) is 3.91. The number of benzene rings is 1. The minimum atomic E-state index is 0.632. The number of pyridine rings is 1. The van der Waals surface area contributed by atoms with Crippen LogP contribution in [0.5, 0.6) is 0 Å². The third-order valence-corrected chi connectivity index (χ3v) is 3.10. The van der Waals surface area contributed by atoms with Crippen LogP contribution in [-0.2, 0) is 6.54 Å². The van der Waals surface area contributed by atoms with Crippen LogP contribution in [0.4, 0.5) is 11.8 Å². The van der Waals surface area contributed by atoms with E-state index >= 15 is 0 Å². The van der Waals surface area contributed by atoms with Gasteiger partial charge < -0.3 is 10.6 Å². The molecule has 21 heavy (non-hydrogen) atoms. The van der Waals surface area contributed by atoms with Gasteiger partial charge in [-0.1, -0.05) is 18.2 Å². The van der Waals surface area contributed by atoms with E-state index in [0.29, 0.717) is 12.5 Å². The molecule has 5 nitrogen and oxygen atoms in total. The monoisotopic (exact) mass is 279 g/mol. The molecule has 2 heterocycles. The quantitative estimate of drug-likeness (QED) is 0.751. The van der Waals surface area contributed by atoms with E-state index in [1.807, 2.05) is 49.4 Å². The average molecular weight is 279 g/mol. The summed E-state index contributed by atoms with van der Waals surface area (Å²) in [6.07, 6.45) is 1.79. The normalized spacial score (nSPS) is 10.5. The number of nitrogens with zero attached hydrogens (tertiary/aromatic N) is 3. The predicted molar refractivity (Wildman–Crippen MR) is 85.3 cm³/mol. The Morgan fingerprint density at radius 3 is 2.62 bits per heavy atom. The maximum absolute atomic E-state index is 4.54. The number of aromatic nitrogens is 3. The minimum absolute atomic E-state index is 0.632. The predicted octanol–water partition coefficient (Wildman–Crippen LogP) is 3.07. The highest BCUT2D eigenvalue weighted by Gasteiger charge is 2.06. The number of anilines is 2. The highest BCUT2D eigenvalue weighted by atomic mass is 15.1. The molecule has 5 heteroatoms. The maximum Gasteiger partial charge on any atom is 0.225 e. The van der Waals surface area contributed by atoms with Crippen molar-refractivity contribution < 1.29 is 0 Å². The zero-order valence-electron chi connectivity index (χ0n) is 11.9. The van der Waals surface area contributed by atoms with Crippen molar-refractivity contribution in [3.05, 3.63) is 54.4 Å². The number of hydrogen-bond acceptors (Lipinski definition) is 5. The largest absolute Gasteiger partial charge is 0.364 e. The van der Waals surface area contributed by atoms with Gasteiger partial charge in [0, 0.05) is 18.1 Å². The Bertz CT molecular complexity index is 727. The van der Waals surface area contributed by atoms with E-state index in [1.54, 1.807) is 6.20 Å². The van der Waals surface area contributed by atoms with E-state index in [4.69, 9.17) is 0 Å². The molecule has 3 aromatic rings. The van der Waals surface area contributed by atoms with Crippen molar-refractivity contribution in [1.29, 1.82) is 0 Å². The first kappa shape index (κ1) is 13.3. The van der Waals surface area contributed by atoms with Gasteiger partial charge in [0.2, 0.25) is 5.95 Å². The summed E-state index contributed by atoms with van der Waals surface area (Å²) in [7, 11) is 0. The van der Waals surface area contributed by atoms with Crippen molar-refractivity contribution in [3.8, 4) is 0 Å². The van der Waals surface area contributed by atoms with Crippen LogP contribution in [-0.4, -0.2) is 21.5 Å². The molecular formula is C16H17N5. The minimum Gasteiger partial charge on any atom is -0.364 e. The van der Waals surface area contributed by atoms with Crippen molar-refractivity contribution in [1.82, 2.24) is 15.0 Å². The number of hydrogen-bond donors (Lipinski definition) is 2. The van der Waals surface area contributed by atoms with Gasteiger partial charge in [-0.2, -0.15) is 4.98 Å². The molecule has 1 aromatic carbocycles. The Morgan fingerprint density at radius 2 is 1.81 bits per heavy atom. The average Bonchev–Trinajstić information content (AvgIpc) is 2.54. The number of fused-ring (bicyclic) bond motifs is 1. The Balaban J connectivity index is 1.92. The van der Waals surface area contributed by atoms with E-state index < -0.39 is 0 Å². The van der Waals surface area contributed by atoms with Crippen LogP contribution in [0.3, 0.4) is 0 Å². The first-order valence-corrected chi connectivity index (χ1v) is 7.01. The lowest BCUT2D eigenvalue weighted by Crippen LogP contribution is -2.08. The summed E-state index contributed by atoms with van der Waals surface area (Å²) in [5, 5.41) is 7.52. The molecule has 0 spiro atoms. The first-order valence-electron chi connectivity index (χ1n) is 7.01. The van der Waals surface area contributed by atoms with Gasteiger partial charge in [0.05, 0.1) is 17.8 Å². The third kappa shape index (κ3) is 3.08. The molecule has 0 unspecified atom stereocenters. The van der Waals surface area contributed by atoms with Crippen molar-refractivity contribution in [2.75, 3.05) is 17.2 Å². The molecule has 0 radical (unpaired) electrons. The fraction of sp³-hybridized carbons (Fsp3) is 0.188. The number of rotatable bonds is 5. The molecule has 3 rings (SSSR count). The lowest BCUT2D eigenvalue weighted by molar-refractivity contribution is 1.02. The SMILES string of the molecule is CCNc1nc(NCc2ccccn2)c2ccccc2n1. The second-order valence-electron chi connectivity index (χ2n) is 4.62. The summed E-state index contributed by atoms with van der Waals surface area (Å²) in [4.78, 5) is 13.4. The van der Waals surface area contributed by atoms with Crippen molar-refractivity contribution in [2.45, 2.75) is 13.5 Å². The Morgan fingerprint density at radius 1 is 0.952 bits per heavy atom. The molecule has 0 aliphatic carbocycles. The van der Waals surface area contributed by atoms with Crippen LogP contribution in [0.1, 0.15) is 12.6 Å². The van der Waals surface area contributed by atoms with Gasteiger partial charge in [-0.3, -0.25) is 4.98 Å². The number of nitrogens with one attached hydrogen (secondary N) is 2. The second kappa shape index (κ2) is 6.17. The summed E-state index contributed by atoms with van der Waals surface area (Å²) < 4.78 is 0. The van der Waals surface area contributed by atoms with Crippen LogP contribution in [0.2, 0.25) is 0 Å². The number of para-hydroxylation sites is 1. The van der Waals surface area contributed by atoms with E-state index in [0.717, 1.165) is 29.0 Å². The zero-order chi connectivity index (χ0) is 14.5. The van der Waals surface area contributed by atoms with E-state index in [-0.39, 0.29) is 0 Å². The van der Waals surface area contributed by atoms with Crippen molar-refractivity contribution in [3.63, 3.8) is 0 Å². The van der Waals surface area contributed by atoms with Gasteiger partial charge in [0.25, 0.3) is 0 Å². The summed E-state index contributed by atoms with van der Waals surface area (Å²) >= 11 is 0. The van der Waals surface area contributed by atoms with E-state index in [2.05, 4.69) is 25.6 Å². The van der Waals surface area contributed by atoms with Gasteiger partial charge in [-0.05, 0) is 31.2 Å². The van der Waals surface area contributed by atoms with Crippen molar-refractivity contribution >= 4 is 22.7 Å². The van der Waals surface area contributed by atoms with Gasteiger partial charge in [-0.25, -0.2) is 4.98 Å². The first-order chi connectivity index (χ1) is 10.4. The molecule has 106 valence electrons. The fourth-order valence-electron chi connectivity index (χ4n) is 2.13. The molecule has 0 amide bonds. The molecule has 2 N–H and O–H groups in total. The molecular weight excluding hydrogens is 262 g/mol. The van der Waals surface area contributed by atoms with E-state index in [1.165, 1.54) is 0 Å². The van der Waals surface area contributed by atoms with Crippen LogP contribution in [0, 0.1) is 0 Å². The lowest BCUT2D eigenvalue weighted by atomic mass is 10.2. The van der Waals surface area contributed by atoms with Gasteiger partial charge in [0.1, 0.15) is 5.82 Å². The molecule has 0 bridgehead atoms. The van der Waals surface area contributed by atoms with Crippen LogP contribution in [0.15, 0.2) is 48.7 Å². The van der Waals surface area contributed by atoms with Crippen LogP contribution < -0.4 is 10.6 Å². The summed E-state index contributed by atoms with van der Waals surface area (Å²) in [6, 6.07) is 13.9. The van der Waals surface area contributed by atoms with Gasteiger partial charge >= 0.3 is 0 Å². The van der Waals surface area contributed by atoms with Gasteiger partial charge in [0.15, 0.2) is 0 Å². The molecule has 0 atom stereocenters.